The van der Waals surface area contributed by atoms with Gasteiger partial charge in [-0.1, -0.05) is 12.1 Å². The molecule has 14 heteroatoms. The summed E-state index contributed by atoms with van der Waals surface area (Å²) in [7, 11) is 1.27. The molecule has 2 amide bonds. The van der Waals surface area contributed by atoms with E-state index in [2.05, 4.69) is 21.2 Å². The van der Waals surface area contributed by atoms with Crippen molar-refractivity contribution in [2.75, 3.05) is 33.7 Å². The standard InChI is InChI=1S/C34H38N4O10/c1-5-43-27-13-21(7-10-24(27)45-17-22-8-11-26-28(14-22)48-19-47-26)16-35-38-30(39)18-46-25-12-9-23(15-29(25)44-6-2)32-31(33(40)42-4)20(3)36-34(41)37-32/h7-16,30,32,38-39H,5-6,17-19H2,1-4H3,(H2,36,37,41)/b35-16-/t30-,32+/m0/s1. The number of fused-ring (bicyclic) bond motifs is 1. The molecule has 0 aromatic heterocycles. The van der Waals surface area contributed by atoms with E-state index < -0.39 is 24.3 Å². The fourth-order valence-corrected chi connectivity index (χ4v) is 5.00. The maximum Gasteiger partial charge on any atom is 0.337 e. The minimum Gasteiger partial charge on any atom is -0.490 e. The molecule has 14 nitrogen and oxygen atoms in total. The van der Waals surface area contributed by atoms with Gasteiger partial charge in [0, 0.05) is 5.70 Å². The number of hydrazone groups is 1. The van der Waals surface area contributed by atoms with Crippen LogP contribution in [0.2, 0.25) is 0 Å². The third-order valence-corrected chi connectivity index (χ3v) is 7.21. The first-order valence-corrected chi connectivity index (χ1v) is 15.3. The van der Waals surface area contributed by atoms with Gasteiger partial charge < -0.3 is 48.9 Å². The minimum atomic E-state index is -1.16. The highest BCUT2D eigenvalue weighted by atomic mass is 16.7. The van der Waals surface area contributed by atoms with Gasteiger partial charge in [0.15, 0.2) is 40.7 Å². The Morgan fingerprint density at radius 3 is 2.48 bits per heavy atom. The van der Waals surface area contributed by atoms with Crippen molar-refractivity contribution in [1.82, 2.24) is 16.1 Å². The zero-order chi connectivity index (χ0) is 34.0. The molecule has 5 rings (SSSR count). The number of urea groups is 1. The first-order valence-electron chi connectivity index (χ1n) is 15.3. The number of aliphatic hydroxyl groups excluding tert-OH is 1. The molecule has 0 aliphatic carbocycles. The second kappa shape index (κ2) is 15.8. The third kappa shape index (κ3) is 8.20. The monoisotopic (exact) mass is 662 g/mol. The van der Waals surface area contributed by atoms with Gasteiger partial charge >= 0.3 is 12.0 Å². The molecular weight excluding hydrogens is 624 g/mol. The molecule has 0 bridgehead atoms. The van der Waals surface area contributed by atoms with Crippen LogP contribution in [-0.2, 0) is 16.1 Å². The summed E-state index contributed by atoms with van der Waals surface area (Å²) >= 11 is 0. The van der Waals surface area contributed by atoms with Crippen molar-refractivity contribution >= 4 is 18.2 Å². The number of carbonyl (C=O) groups is 2. The van der Waals surface area contributed by atoms with E-state index in [4.69, 9.17) is 33.2 Å². The summed E-state index contributed by atoms with van der Waals surface area (Å²) < 4.78 is 39.1. The van der Waals surface area contributed by atoms with E-state index in [1.165, 1.54) is 13.3 Å². The molecule has 0 unspecified atom stereocenters. The summed E-state index contributed by atoms with van der Waals surface area (Å²) in [5, 5.41) is 20.0. The van der Waals surface area contributed by atoms with Crippen LogP contribution in [0.4, 0.5) is 4.79 Å². The second-order valence-corrected chi connectivity index (χ2v) is 10.5. The quantitative estimate of drug-likeness (QED) is 0.0806. The molecule has 2 heterocycles. The number of nitrogens with one attached hydrogen (secondary N) is 3. The van der Waals surface area contributed by atoms with Crippen molar-refractivity contribution in [3.63, 3.8) is 0 Å². The summed E-state index contributed by atoms with van der Waals surface area (Å²) in [5.74, 6) is 2.66. The van der Waals surface area contributed by atoms with Gasteiger partial charge in [-0.2, -0.15) is 5.10 Å². The van der Waals surface area contributed by atoms with Crippen LogP contribution >= 0.6 is 0 Å². The van der Waals surface area contributed by atoms with Crippen molar-refractivity contribution in [2.24, 2.45) is 5.10 Å². The molecule has 2 atom stereocenters. The Labute approximate surface area is 277 Å². The lowest BCUT2D eigenvalue weighted by molar-refractivity contribution is -0.136. The van der Waals surface area contributed by atoms with Crippen LogP contribution < -0.4 is 44.5 Å². The Balaban J connectivity index is 1.18. The van der Waals surface area contributed by atoms with Gasteiger partial charge in [-0.15, -0.1) is 0 Å². The first-order chi connectivity index (χ1) is 23.3. The van der Waals surface area contributed by atoms with Crippen molar-refractivity contribution in [1.29, 1.82) is 0 Å². The SMILES string of the molecule is CCOc1cc(/C=N\N[C@@H](O)COc2ccc([C@H]3NC(=O)NC(C)=C3C(=O)OC)cc2OCC)ccc1OCc1ccc2c(c1)OCO2. The number of methoxy groups -OCH3 is 1. The predicted molar refractivity (Wildman–Crippen MR) is 173 cm³/mol. The molecule has 0 fully saturated rings. The molecule has 0 saturated heterocycles. The summed E-state index contributed by atoms with van der Waals surface area (Å²) in [5.41, 5.74) is 5.51. The molecule has 2 aliphatic rings. The smallest absolute Gasteiger partial charge is 0.337 e. The van der Waals surface area contributed by atoms with Crippen LogP contribution in [-0.4, -0.2) is 63.3 Å². The number of esters is 1. The zero-order valence-electron chi connectivity index (χ0n) is 27.0. The van der Waals surface area contributed by atoms with Gasteiger partial charge in [-0.3, -0.25) is 5.43 Å². The highest BCUT2D eigenvalue weighted by Gasteiger charge is 2.32. The largest absolute Gasteiger partial charge is 0.490 e. The van der Waals surface area contributed by atoms with Crippen LogP contribution in [0.3, 0.4) is 0 Å². The Morgan fingerprint density at radius 2 is 1.71 bits per heavy atom. The highest BCUT2D eigenvalue weighted by Crippen LogP contribution is 2.36. The lowest BCUT2D eigenvalue weighted by atomic mass is 9.95. The maximum absolute atomic E-state index is 12.5. The average molecular weight is 663 g/mol. The topological polar surface area (TPSA) is 167 Å². The van der Waals surface area contributed by atoms with E-state index in [-0.39, 0.29) is 19.0 Å². The van der Waals surface area contributed by atoms with Crippen LogP contribution in [0.15, 0.2) is 71.0 Å². The lowest BCUT2D eigenvalue weighted by Gasteiger charge is -2.28. The molecule has 0 radical (unpaired) electrons. The van der Waals surface area contributed by atoms with Gasteiger partial charge in [0.05, 0.1) is 38.2 Å². The van der Waals surface area contributed by atoms with Gasteiger partial charge in [0.1, 0.15) is 13.2 Å². The summed E-state index contributed by atoms with van der Waals surface area (Å²) in [6.45, 7) is 6.45. The number of hydrogen-bond donors (Lipinski definition) is 4. The number of nitrogens with zero attached hydrogens (tertiary/aromatic N) is 1. The normalized spacial score (nSPS) is 15.8. The molecule has 3 aromatic carbocycles. The fourth-order valence-electron chi connectivity index (χ4n) is 5.00. The highest BCUT2D eigenvalue weighted by molar-refractivity contribution is 5.95. The second-order valence-electron chi connectivity index (χ2n) is 10.5. The molecule has 2 aliphatic heterocycles. The number of allylic oxidation sites excluding steroid dienone is 1. The summed E-state index contributed by atoms with van der Waals surface area (Å²) in [4.78, 5) is 24.7. The van der Waals surface area contributed by atoms with E-state index in [1.807, 2.05) is 38.1 Å². The van der Waals surface area contributed by atoms with Gasteiger partial charge in [0.2, 0.25) is 6.79 Å². The van der Waals surface area contributed by atoms with Crippen LogP contribution in [0.5, 0.6) is 34.5 Å². The van der Waals surface area contributed by atoms with Crippen molar-refractivity contribution in [3.05, 3.63) is 82.6 Å². The van der Waals surface area contributed by atoms with Crippen LogP contribution in [0, 0.1) is 0 Å². The molecule has 0 saturated carbocycles. The van der Waals surface area contributed by atoms with E-state index in [9.17, 15) is 14.7 Å². The number of hydrogen-bond acceptors (Lipinski definition) is 12. The molecule has 48 heavy (non-hydrogen) atoms. The number of benzene rings is 3. The van der Waals surface area contributed by atoms with Crippen molar-refractivity contribution in [3.8, 4) is 34.5 Å². The Kier molecular flexibility index (Phi) is 11.1. The molecule has 254 valence electrons. The predicted octanol–water partition coefficient (Wildman–Crippen LogP) is 3.91. The van der Waals surface area contributed by atoms with E-state index in [0.717, 1.165) is 5.56 Å². The van der Waals surface area contributed by atoms with E-state index in [0.29, 0.717) is 71.1 Å². The average Bonchev–Trinajstić information content (AvgIpc) is 3.55. The van der Waals surface area contributed by atoms with Gasteiger partial charge in [-0.25, -0.2) is 9.59 Å². The molecular formula is C34H38N4O10. The van der Waals surface area contributed by atoms with Crippen LogP contribution in [0.1, 0.15) is 43.5 Å². The van der Waals surface area contributed by atoms with Crippen LogP contribution in [0.25, 0.3) is 0 Å². The summed E-state index contributed by atoms with van der Waals surface area (Å²) in [6, 6.07) is 14.8. The van der Waals surface area contributed by atoms with Gasteiger partial charge in [-0.05, 0) is 79.9 Å². The molecule has 0 spiro atoms. The third-order valence-electron chi connectivity index (χ3n) is 7.21. The zero-order valence-corrected chi connectivity index (χ0v) is 27.0. The van der Waals surface area contributed by atoms with E-state index >= 15 is 0 Å². The summed E-state index contributed by atoms with van der Waals surface area (Å²) in [6.07, 6.45) is 0.376. The van der Waals surface area contributed by atoms with Crippen molar-refractivity contribution < 1.29 is 47.9 Å². The molecule has 3 aromatic rings. The van der Waals surface area contributed by atoms with Crippen molar-refractivity contribution in [2.45, 2.75) is 39.6 Å². The fraction of sp³-hybridized carbons (Fsp3) is 0.324. The number of carbonyl (C=O) groups excluding carboxylic acids is 2. The minimum absolute atomic E-state index is 0.163. The Morgan fingerprint density at radius 1 is 0.979 bits per heavy atom. The lowest BCUT2D eigenvalue weighted by Crippen LogP contribution is -2.45. The molecule has 4 N–H and O–H groups in total. The van der Waals surface area contributed by atoms with Gasteiger partial charge in [0.25, 0.3) is 0 Å². The number of aliphatic hydroxyl groups is 1. The van der Waals surface area contributed by atoms with E-state index in [1.54, 1.807) is 37.3 Å². The number of amides is 2. The Hall–Kier alpha value is -5.63. The number of ether oxygens (including phenoxy) is 7. The maximum atomic E-state index is 12.5. The first kappa shape index (κ1) is 33.7. The number of rotatable bonds is 15. The Bertz CT molecular complexity index is 1690.